The van der Waals surface area contributed by atoms with E-state index in [1.165, 1.54) is 33.4 Å². The molecule has 2 aliphatic rings. The number of unbranched alkanes of at least 4 members (excludes halogenated alkanes) is 1. The zero-order valence-corrected chi connectivity index (χ0v) is 36.7. The van der Waals surface area contributed by atoms with Crippen molar-refractivity contribution in [2.24, 2.45) is 5.73 Å². The van der Waals surface area contributed by atoms with Crippen LogP contribution in [0, 0.1) is 0 Å². The Labute approximate surface area is 375 Å². The van der Waals surface area contributed by atoms with Crippen LogP contribution in [-0.4, -0.2) is 133 Å². The predicted molar refractivity (Wildman–Crippen MR) is 234 cm³/mol. The molecule has 2 unspecified atom stereocenters. The number of imidazole rings is 1. The average Bonchev–Trinajstić information content (AvgIpc) is 4.01. The lowest BCUT2D eigenvalue weighted by Gasteiger charge is -2.28. The number of primary amides is 1. The molecule has 342 valence electrons. The van der Waals surface area contributed by atoms with Crippen molar-refractivity contribution in [1.82, 2.24) is 46.1 Å². The van der Waals surface area contributed by atoms with Gasteiger partial charge in [-0.2, -0.15) is 0 Å². The fourth-order valence-corrected chi connectivity index (χ4v) is 9.64. The molecule has 6 rings (SSSR count). The maximum atomic E-state index is 14.0. The summed E-state index contributed by atoms with van der Waals surface area (Å²) in [5.41, 5.74) is 8.32. The fourth-order valence-electron chi connectivity index (χ4n) is 7.48. The molecule has 4 aromatic rings. The standard InChI is InChI=1S/C41H51N11O10S2/c1-24-41(61)51-21-26(62-22-25-19-43-28-8-3-2-7-27(25)28)17-32(51)40(60)49-31(37(42)57)23-64-63-16-11-33(53)47-29(9-4-5-13-50-14-15-52-35(50)10-6-12-45-52)38(58)44-20-34(54)48-30(18-36(55)56)39(59)46-24/h2-3,6-8,10,12,14-15,19,24,26,29-32,43H,4-5,9,11,13,16-18,20-23H2,1H3,(H7-,42,44,46,47,48,49,53,54,55,56,57,58,59,60)/p+1/t24-,26?,29-,30-,31?,32-/m0/s1. The van der Waals surface area contributed by atoms with Gasteiger partial charge in [-0.25, -0.2) is 4.57 Å². The molecule has 21 nitrogen and oxygen atoms in total. The van der Waals surface area contributed by atoms with Gasteiger partial charge in [0.25, 0.3) is 0 Å². The first kappa shape index (κ1) is 47.3. The minimum atomic E-state index is -1.66. The number of benzene rings is 1. The third-order valence-corrected chi connectivity index (χ3v) is 13.2. The van der Waals surface area contributed by atoms with Crippen LogP contribution in [0.25, 0.3) is 16.6 Å². The number of rotatable bonds is 11. The lowest BCUT2D eigenvalue weighted by molar-refractivity contribution is -0.671. The van der Waals surface area contributed by atoms with E-state index in [1.807, 2.05) is 53.4 Å². The number of carbonyl (C=O) groups excluding carboxylic acids is 7. The zero-order chi connectivity index (χ0) is 45.8. The van der Waals surface area contributed by atoms with Crippen molar-refractivity contribution in [2.75, 3.05) is 24.6 Å². The number of aryl methyl sites for hydroxylation is 1. The van der Waals surface area contributed by atoms with E-state index < -0.39 is 96.6 Å². The predicted octanol–water partition coefficient (Wildman–Crippen LogP) is -0.720. The number of nitrogens with zero attached hydrogens (tertiary/aromatic N) is 4. The third-order valence-electron chi connectivity index (χ3n) is 10.8. The molecule has 6 atom stereocenters. The Balaban J connectivity index is 1.15. The molecule has 0 aliphatic carbocycles. The molecular formula is C41H52N11O10S2+. The summed E-state index contributed by atoms with van der Waals surface area (Å²) in [6, 6.07) is 5.03. The monoisotopic (exact) mass is 922 g/mol. The molecule has 9 N–H and O–H groups in total. The van der Waals surface area contributed by atoms with Crippen LogP contribution in [0.3, 0.4) is 0 Å². The molecule has 7 amide bonds. The van der Waals surface area contributed by atoms with Crippen LogP contribution in [0.2, 0.25) is 0 Å². The first-order chi connectivity index (χ1) is 30.8. The van der Waals surface area contributed by atoms with Gasteiger partial charge in [-0.1, -0.05) is 44.9 Å². The second kappa shape index (κ2) is 22.4. The summed E-state index contributed by atoms with van der Waals surface area (Å²) in [7, 11) is 2.45. The lowest BCUT2D eigenvalue weighted by Crippen LogP contribution is -2.58. The Hall–Kier alpha value is -6.20. The molecule has 0 spiro atoms. The number of carboxylic acid groups (broad SMARTS) is 1. The molecule has 0 radical (unpaired) electrons. The number of nitrogens with one attached hydrogen (secondary N) is 6. The van der Waals surface area contributed by atoms with Crippen LogP contribution in [-0.2, 0) is 56.2 Å². The highest BCUT2D eigenvalue weighted by Crippen LogP contribution is 2.27. The Morgan fingerprint density at radius 1 is 0.953 bits per heavy atom. The number of aromatic nitrogens is 4. The number of aliphatic carboxylic acids is 1. The van der Waals surface area contributed by atoms with Crippen LogP contribution in [0.4, 0.5) is 0 Å². The van der Waals surface area contributed by atoms with Crippen molar-refractivity contribution in [2.45, 2.75) is 94.9 Å². The van der Waals surface area contributed by atoms with E-state index in [1.54, 1.807) is 16.9 Å². The Morgan fingerprint density at radius 3 is 2.55 bits per heavy atom. The Kier molecular flexibility index (Phi) is 16.6. The van der Waals surface area contributed by atoms with Crippen LogP contribution >= 0.6 is 21.6 Å². The molecule has 0 bridgehead atoms. The molecule has 64 heavy (non-hydrogen) atoms. The molecule has 3 aromatic heterocycles. The number of carbonyl (C=O) groups is 8. The number of para-hydroxylation sites is 1. The van der Waals surface area contributed by atoms with Crippen LogP contribution < -0.4 is 36.9 Å². The summed E-state index contributed by atoms with van der Waals surface area (Å²) in [6.07, 6.45) is 7.06. The van der Waals surface area contributed by atoms with E-state index >= 15 is 0 Å². The van der Waals surface area contributed by atoms with Crippen LogP contribution in [0.15, 0.2) is 61.2 Å². The lowest BCUT2D eigenvalue weighted by atomic mass is 10.1. The molecule has 2 fully saturated rings. The molecule has 1 aromatic carbocycles. The number of H-pyrrole nitrogens is 1. The normalized spacial score (nSPS) is 23.7. The summed E-state index contributed by atoms with van der Waals surface area (Å²) < 4.78 is 9.94. The van der Waals surface area contributed by atoms with E-state index in [0.717, 1.165) is 22.1 Å². The van der Waals surface area contributed by atoms with Crippen molar-refractivity contribution in [3.05, 3.63) is 66.7 Å². The van der Waals surface area contributed by atoms with Gasteiger partial charge in [-0.15, -0.1) is 4.52 Å². The SMILES string of the molecule is C[C@@H]1NC(=O)[C@H](CC(=O)O)NC(=O)CNC(=O)[C@H](CCCC[n+]2ccn3ncccc32)NC(=O)CCSSCC(C(N)=O)NC(=O)[C@@H]2CC(OCc3c[nH]c4ccccc34)CN2C1=O. The molecule has 5 heterocycles. The minimum absolute atomic E-state index is 0.0155. The Bertz CT molecular complexity index is 2360. The van der Waals surface area contributed by atoms with Crippen molar-refractivity contribution in [1.29, 1.82) is 0 Å². The topological polar surface area (TPSA) is 292 Å². The van der Waals surface area contributed by atoms with Crippen LogP contribution in [0.5, 0.6) is 0 Å². The van der Waals surface area contributed by atoms with Gasteiger partial charge < -0.3 is 52.0 Å². The second-order valence-electron chi connectivity index (χ2n) is 15.5. The highest BCUT2D eigenvalue weighted by molar-refractivity contribution is 8.76. The van der Waals surface area contributed by atoms with Gasteiger partial charge in [0.05, 0.1) is 38.4 Å². The van der Waals surface area contributed by atoms with E-state index in [9.17, 15) is 43.5 Å². The number of amides is 7. The quantitative estimate of drug-likeness (QED) is 0.0525. The van der Waals surface area contributed by atoms with Crippen LogP contribution in [0.1, 0.15) is 51.0 Å². The summed E-state index contributed by atoms with van der Waals surface area (Å²) >= 11 is 0. The van der Waals surface area contributed by atoms with Gasteiger partial charge in [-0.05, 0) is 38.3 Å². The summed E-state index contributed by atoms with van der Waals surface area (Å²) in [5, 5.41) is 27.5. The summed E-state index contributed by atoms with van der Waals surface area (Å²) in [4.78, 5) is 110. The van der Waals surface area contributed by atoms with Crippen molar-refractivity contribution >= 4 is 85.5 Å². The fraction of sp³-hybridized carbons (Fsp3) is 0.463. The van der Waals surface area contributed by atoms with Gasteiger partial charge in [-0.3, -0.25) is 38.4 Å². The number of carboxylic acids is 1. The minimum Gasteiger partial charge on any atom is -0.481 e. The molecule has 2 aliphatic heterocycles. The van der Waals surface area contributed by atoms with Gasteiger partial charge in [0.1, 0.15) is 36.4 Å². The number of hydrogen-bond donors (Lipinski definition) is 8. The number of ether oxygens (including phenoxy) is 1. The van der Waals surface area contributed by atoms with Gasteiger partial charge >= 0.3 is 11.6 Å². The van der Waals surface area contributed by atoms with E-state index in [0.29, 0.717) is 19.4 Å². The van der Waals surface area contributed by atoms with Gasteiger partial charge in [0, 0.05) is 59.6 Å². The highest BCUT2D eigenvalue weighted by Gasteiger charge is 2.43. The first-order valence-corrected chi connectivity index (χ1v) is 23.3. The third kappa shape index (κ3) is 12.7. The number of aromatic amines is 1. The van der Waals surface area contributed by atoms with Crippen molar-refractivity contribution < 1.29 is 52.8 Å². The van der Waals surface area contributed by atoms with E-state index in [-0.39, 0.29) is 43.9 Å². The number of fused-ring (bicyclic) bond motifs is 3. The maximum absolute atomic E-state index is 14.0. The molecular weight excluding hydrogens is 871 g/mol. The van der Waals surface area contributed by atoms with E-state index in [2.05, 4.69) is 36.7 Å². The molecule has 2 saturated heterocycles. The van der Waals surface area contributed by atoms with Crippen molar-refractivity contribution in [3.63, 3.8) is 0 Å². The average molecular weight is 923 g/mol. The highest BCUT2D eigenvalue weighted by atomic mass is 33.1. The van der Waals surface area contributed by atoms with Gasteiger partial charge in [0.2, 0.25) is 41.4 Å². The summed E-state index contributed by atoms with van der Waals surface area (Å²) in [6.45, 7) is 1.38. The second-order valence-corrected chi connectivity index (χ2v) is 18.1. The molecule has 0 saturated carbocycles. The van der Waals surface area contributed by atoms with Crippen molar-refractivity contribution in [3.8, 4) is 0 Å². The number of hydrogen-bond acceptors (Lipinski definition) is 12. The largest absolute Gasteiger partial charge is 0.481 e. The smallest absolute Gasteiger partial charge is 0.307 e. The zero-order valence-electron chi connectivity index (χ0n) is 35.0. The van der Waals surface area contributed by atoms with E-state index in [4.69, 9.17) is 10.5 Å². The van der Waals surface area contributed by atoms with Gasteiger partial charge in [0.15, 0.2) is 6.20 Å². The number of nitrogens with two attached hydrogens (primary N) is 1. The first-order valence-electron chi connectivity index (χ1n) is 20.8. The summed E-state index contributed by atoms with van der Waals surface area (Å²) in [5.74, 6) is -6.38. The molecule has 23 heteroatoms. The maximum Gasteiger partial charge on any atom is 0.307 e. The Morgan fingerprint density at radius 2 is 1.75 bits per heavy atom.